The Hall–Kier alpha value is -3.21. The molecule has 0 heterocycles. The molecule has 3 aliphatic rings. The summed E-state index contributed by atoms with van der Waals surface area (Å²) in [6, 6.07) is 2.24. The number of ketones is 2. The molecule has 0 spiro atoms. The van der Waals surface area contributed by atoms with Crippen molar-refractivity contribution in [2.45, 2.75) is 63.6 Å². The molecule has 4 atom stereocenters. The van der Waals surface area contributed by atoms with Crippen LogP contribution in [0.15, 0.2) is 29.0 Å². The van der Waals surface area contributed by atoms with Gasteiger partial charge in [0.05, 0.1) is 11.6 Å². The number of aliphatic hydroxyl groups is 3. The molecule has 0 saturated heterocycles. The topological polar surface area (TPSA) is 151 Å². The third-order valence-electron chi connectivity index (χ3n) is 8.22. The minimum Gasteiger partial charge on any atom is -0.508 e. The van der Waals surface area contributed by atoms with Gasteiger partial charge < -0.3 is 30.6 Å². The van der Waals surface area contributed by atoms with E-state index in [1.54, 1.807) is 39.8 Å². The number of carbonyl (C=O) groups excluding carboxylic acids is 3. The van der Waals surface area contributed by atoms with Crippen molar-refractivity contribution in [1.82, 2.24) is 15.1 Å². The molecule has 0 aliphatic heterocycles. The van der Waals surface area contributed by atoms with Crippen molar-refractivity contribution in [3.05, 3.63) is 45.7 Å². The number of benzene rings is 1. The van der Waals surface area contributed by atoms with Gasteiger partial charge in [-0.05, 0) is 104 Å². The van der Waals surface area contributed by atoms with E-state index in [4.69, 9.17) is 0 Å². The first-order valence-corrected chi connectivity index (χ1v) is 13.7. The maximum Gasteiger partial charge on any atom is 0.258 e. The molecule has 0 bridgehead atoms. The highest BCUT2D eigenvalue weighted by atomic mass is 16.3. The maximum atomic E-state index is 14.1. The Morgan fingerprint density at radius 3 is 2.33 bits per heavy atom. The lowest BCUT2D eigenvalue weighted by molar-refractivity contribution is -0.153. The van der Waals surface area contributed by atoms with Crippen molar-refractivity contribution in [3.63, 3.8) is 0 Å². The fourth-order valence-electron chi connectivity index (χ4n) is 6.51. The molecule has 1 aromatic rings. The van der Waals surface area contributed by atoms with Gasteiger partial charge in [0.1, 0.15) is 22.8 Å². The van der Waals surface area contributed by atoms with Gasteiger partial charge in [-0.3, -0.25) is 19.3 Å². The van der Waals surface area contributed by atoms with Crippen LogP contribution in [0, 0.1) is 11.8 Å². The summed E-state index contributed by atoms with van der Waals surface area (Å²) in [5.41, 5.74) is -2.31. The molecule has 0 radical (unpaired) electrons. The van der Waals surface area contributed by atoms with Crippen LogP contribution < -0.4 is 5.32 Å². The van der Waals surface area contributed by atoms with E-state index in [0.717, 1.165) is 24.1 Å². The number of phenolic OH excluding ortho intramolecular Hbond substituents is 1. The molecule has 218 valence electrons. The van der Waals surface area contributed by atoms with E-state index in [2.05, 4.69) is 10.2 Å². The van der Waals surface area contributed by atoms with Gasteiger partial charge in [-0.2, -0.15) is 0 Å². The number of aromatic hydroxyl groups is 1. The Morgan fingerprint density at radius 2 is 1.75 bits per heavy atom. The van der Waals surface area contributed by atoms with E-state index >= 15 is 0 Å². The second kappa shape index (κ2) is 10.3. The lowest BCUT2D eigenvalue weighted by Crippen LogP contribution is -2.66. The zero-order chi connectivity index (χ0) is 29.9. The van der Waals surface area contributed by atoms with Gasteiger partial charge in [-0.1, -0.05) is 6.07 Å². The molecule has 1 amide bonds. The van der Waals surface area contributed by atoms with E-state index in [1.165, 1.54) is 6.07 Å². The van der Waals surface area contributed by atoms with E-state index < -0.39 is 63.6 Å². The van der Waals surface area contributed by atoms with Gasteiger partial charge in [-0.25, -0.2) is 0 Å². The van der Waals surface area contributed by atoms with Crippen molar-refractivity contribution in [3.8, 4) is 5.75 Å². The number of likely N-dealkylation sites (N-methyl/N-ethyl adjacent to an activating group) is 1. The molecule has 1 fully saturated rings. The van der Waals surface area contributed by atoms with Crippen LogP contribution in [0.3, 0.4) is 0 Å². The fourth-order valence-corrected chi connectivity index (χ4v) is 6.51. The second-order valence-electron chi connectivity index (χ2n) is 12.8. The Kier molecular flexibility index (Phi) is 7.68. The standard InChI is InChI=1S/C30H41N3O7/c1-29(2,3)31-28(39)22-25(36)23(33(6)7)18-14-16-13-17-15(9-8-12-32(4)5)10-11-19(34)21(17)24(35)20(16)26(37)30(18,40)27(22)38/h10-11,16,18,23,34-35,38,40H,8-9,12-14H2,1-7H3,(H,31,39). The highest BCUT2D eigenvalue weighted by Gasteiger charge is 2.64. The van der Waals surface area contributed by atoms with Crippen molar-refractivity contribution in [2.24, 2.45) is 11.8 Å². The van der Waals surface area contributed by atoms with Crippen LogP contribution in [0.4, 0.5) is 0 Å². The van der Waals surface area contributed by atoms with Crippen LogP contribution in [0.1, 0.15) is 50.3 Å². The number of nitrogens with zero attached hydrogens (tertiary/aromatic N) is 2. The van der Waals surface area contributed by atoms with E-state index in [0.29, 0.717) is 12.8 Å². The van der Waals surface area contributed by atoms with Crippen LogP contribution in [-0.2, 0) is 27.2 Å². The molecule has 3 aliphatic carbocycles. The SMILES string of the molecule is CN(C)CCCc1ccc(O)c2c1CC1CC3C(N(C)C)C(=O)C(C(=O)NC(C)(C)C)=C(O)C3(O)C(=O)C1=C2O. The van der Waals surface area contributed by atoms with Crippen molar-refractivity contribution >= 4 is 23.2 Å². The number of carbonyl (C=O) groups is 3. The number of aryl methyl sites for hydroxylation is 1. The molecule has 10 nitrogen and oxygen atoms in total. The minimum atomic E-state index is -2.61. The normalized spacial score (nSPS) is 26.7. The minimum absolute atomic E-state index is 0.0979. The van der Waals surface area contributed by atoms with Crippen LogP contribution in [0.25, 0.3) is 5.76 Å². The molecular weight excluding hydrogens is 514 g/mol. The number of hydrogen-bond donors (Lipinski definition) is 5. The Bertz CT molecular complexity index is 1320. The first kappa shape index (κ1) is 29.8. The van der Waals surface area contributed by atoms with E-state index in [-0.39, 0.29) is 23.3 Å². The summed E-state index contributed by atoms with van der Waals surface area (Å²) in [6.45, 7) is 5.97. The number of amides is 1. The Labute approximate surface area is 235 Å². The highest BCUT2D eigenvalue weighted by Crippen LogP contribution is 2.53. The summed E-state index contributed by atoms with van der Waals surface area (Å²) in [6.07, 6.45) is 1.96. The summed E-state index contributed by atoms with van der Waals surface area (Å²) in [4.78, 5) is 44.5. The van der Waals surface area contributed by atoms with Crippen molar-refractivity contribution in [1.29, 1.82) is 0 Å². The molecule has 0 aromatic heterocycles. The summed E-state index contributed by atoms with van der Waals surface area (Å²) in [7, 11) is 7.21. The molecule has 10 heteroatoms. The lowest BCUT2D eigenvalue weighted by Gasteiger charge is -2.50. The summed E-state index contributed by atoms with van der Waals surface area (Å²) >= 11 is 0. The van der Waals surface area contributed by atoms with Gasteiger partial charge in [0, 0.05) is 17.0 Å². The Morgan fingerprint density at radius 1 is 1.10 bits per heavy atom. The predicted molar refractivity (Wildman–Crippen MR) is 150 cm³/mol. The molecule has 4 rings (SSSR count). The summed E-state index contributed by atoms with van der Waals surface area (Å²) in [5, 5.41) is 48.0. The van der Waals surface area contributed by atoms with Gasteiger partial charge in [-0.15, -0.1) is 0 Å². The lowest BCUT2D eigenvalue weighted by atomic mass is 9.57. The van der Waals surface area contributed by atoms with Crippen LogP contribution in [0.5, 0.6) is 5.75 Å². The molecule has 5 N–H and O–H groups in total. The van der Waals surface area contributed by atoms with Gasteiger partial charge >= 0.3 is 0 Å². The number of hydrogen-bond acceptors (Lipinski definition) is 9. The van der Waals surface area contributed by atoms with Gasteiger partial charge in [0.25, 0.3) is 5.91 Å². The molecule has 4 unspecified atom stereocenters. The zero-order valence-electron chi connectivity index (χ0n) is 24.3. The number of phenols is 1. The highest BCUT2D eigenvalue weighted by molar-refractivity contribution is 6.25. The number of nitrogens with one attached hydrogen (secondary N) is 1. The second-order valence-corrected chi connectivity index (χ2v) is 12.8. The summed E-state index contributed by atoms with van der Waals surface area (Å²) in [5.74, 6) is -5.80. The smallest absolute Gasteiger partial charge is 0.258 e. The number of Topliss-reactive ketones (excluding diaryl/α,β-unsaturated/α-hetero) is 2. The van der Waals surface area contributed by atoms with Crippen LogP contribution in [-0.4, -0.2) is 99.6 Å². The molecule has 40 heavy (non-hydrogen) atoms. The Balaban J connectivity index is 1.87. The average Bonchev–Trinajstić information content (AvgIpc) is 2.81. The van der Waals surface area contributed by atoms with Gasteiger partial charge in [0.2, 0.25) is 5.78 Å². The molecule has 1 aromatic carbocycles. The maximum absolute atomic E-state index is 14.1. The average molecular weight is 556 g/mol. The first-order valence-electron chi connectivity index (χ1n) is 13.7. The largest absolute Gasteiger partial charge is 0.508 e. The quantitative estimate of drug-likeness (QED) is 0.332. The number of fused-ring (bicyclic) bond motifs is 3. The molecular formula is C30H41N3O7. The monoisotopic (exact) mass is 555 g/mol. The van der Waals surface area contributed by atoms with Crippen LogP contribution in [0.2, 0.25) is 0 Å². The van der Waals surface area contributed by atoms with E-state index in [9.17, 15) is 34.8 Å². The number of rotatable bonds is 6. The zero-order valence-corrected chi connectivity index (χ0v) is 24.3. The fraction of sp³-hybridized carbons (Fsp3) is 0.567. The van der Waals surface area contributed by atoms with Crippen molar-refractivity contribution in [2.75, 3.05) is 34.7 Å². The third-order valence-corrected chi connectivity index (χ3v) is 8.22. The first-order chi connectivity index (χ1) is 18.5. The summed E-state index contributed by atoms with van der Waals surface area (Å²) < 4.78 is 0. The molecule has 1 saturated carbocycles. The van der Waals surface area contributed by atoms with Crippen molar-refractivity contribution < 1.29 is 34.8 Å². The van der Waals surface area contributed by atoms with Crippen LogP contribution >= 0.6 is 0 Å². The third kappa shape index (κ3) is 4.82. The number of aliphatic hydroxyl groups excluding tert-OH is 2. The predicted octanol–water partition coefficient (Wildman–Crippen LogP) is 1.89. The van der Waals surface area contributed by atoms with E-state index in [1.807, 2.05) is 20.2 Å². The van der Waals surface area contributed by atoms with Gasteiger partial charge in [0.15, 0.2) is 11.4 Å².